The minimum absolute atomic E-state index is 0.106. The Morgan fingerprint density at radius 1 is 0.652 bits per heavy atom. The Labute approximate surface area is 410 Å². The second kappa shape index (κ2) is 20.7. The quantitative estimate of drug-likeness (QED) is 0.0962. The Bertz CT molecular complexity index is 2530. The highest BCUT2D eigenvalue weighted by Crippen LogP contribution is 2.43. The second-order valence-electron chi connectivity index (χ2n) is 19.6. The summed E-state index contributed by atoms with van der Waals surface area (Å²) in [5.41, 5.74) is 4.13. The number of aliphatic hydroxyl groups excluding tert-OH is 2. The van der Waals surface area contributed by atoms with Gasteiger partial charge in [0, 0.05) is 59.8 Å². The van der Waals surface area contributed by atoms with E-state index in [9.17, 15) is 29.4 Å². The molecule has 10 rings (SSSR count). The lowest BCUT2D eigenvalue weighted by molar-refractivity contribution is 0.0716. The maximum atomic E-state index is 13.7. The van der Waals surface area contributed by atoms with Crippen molar-refractivity contribution in [3.8, 4) is 20.9 Å². The lowest BCUT2D eigenvalue weighted by Gasteiger charge is -2.21. The van der Waals surface area contributed by atoms with Crippen LogP contribution in [0.5, 0.6) is 0 Å². The van der Waals surface area contributed by atoms with Gasteiger partial charge in [-0.05, 0) is 116 Å². The highest BCUT2D eigenvalue weighted by molar-refractivity contribution is 7.17. The molecule has 18 nitrogen and oxygen atoms in total. The van der Waals surface area contributed by atoms with Gasteiger partial charge < -0.3 is 50.8 Å². The van der Waals surface area contributed by atoms with E-state index in [1.807, 2.05) is 49.6 Å². The van der Waals surface area contributed by atoms with Gasteiger partial charge in [-0.25, -0.2) is 19.9 Å². The molecule has 4 aromatic rings. The summed E-state index contributed by atoms with van der Waals surface area (Å²) in [6.07, 6.45) is 11.2. The van der Waals surface area contributed by atoms with Gasteiger partial charge in [0.1, 0.15) is 23.0 Å². The van der Waals surface area contributed by atoms with Crippen LogP contribution in [0, 0.1) is 13.8 Å². The number of hydrogen-bond acceptors (Lipinski definition) is 16. The molecule has 6 N–H and O–H groups in total. The van der Waals surface area contributed by atoms with Crippen LogP contribution in [-0.4, -0.2) is 151 Å². The number of nitrogens with one attached hydrogen (secondary N) is 4. The molecule has 0 saturated carbocycles. The Kier molecular flexibility index (Phi) is 14.7. The van der Waals surface area contributed by atoms with Crippen molar-refractivity contribution < 1.29 is 38.9 Å². The molecule has 0 radical (unpaired) electrons. The Balaban J connectivity index is 0.000000172. The average Bonchev–Trinajstić information content (AvgIpc) is 4.20. The van der Waals surface area contributed by atoms with E-state index < -0.39 is 36.1 Å². The molecule has 0 spiro atoms. The van der Waals surface area contributed by atoms with Crippen molar-refractivity contribution in [1.82, 2.24) is 40.4 Å². The van der Waals surface area contributed by atoms with Crippen LogP contribution in [-0.2, 0) is 9.47 Å². The van der Waals surface area contributed by atoms with Gasteiger partial charge in [0.2, 0.25) is 0 Å². The van der Waals surface area contributed by atoms with E-state index in [4.69, 9.17) is 9.47 Å². The van der Waals surface area contributed by atoms with Crippen LogP contribution in [0.3, 0.4) is 0 Å². The molecule has 69 heavy (non-hydrogen) atoms. The number of thiazole rings is 2. The summed E-state index contributed by atoms with van der Waals surface area (Å²) >= 11 is 2.40. The maximum Gasteiger partial charge on any atom is 0.280 e. The highest BCUT2D eigenvalue weighted by Gasteiger charge is 2.46. The molecular formula is C49H64N10O8S2. The molecule has 4 bridgehead atoms. The highest BCUT2D eigenvalue weighted by atomic mass is 32.1. The molecule has 10 heterocycles. The number of ether oxygens (including phenoxy) is 2. The number of nitrogens with zero attached hydrogens (tertiary/aromatic N) is 6. The van der Waals surface area contributed by atoms with Crippen molar-refractivity contribution in [3.05, 3.63) is 57.1 Å². The molecule has 370 valence electrons. The van der Waals surface area contributed by atoms with Gasteiger partial charge >= 0.3 is 0 Å². The number of aliphatic hydroxyl groups is 2. The average molecular weight is 985 g/mol. The molecule has 5 atom stereocenters. The number of carbonyl (C=O) groups excluding carboxylic acids is 4. The third kappa shape index (κ3) is 10.2. The summed E-state index contributed by atoms with van der Waals surface area (Å²) < 4.78 is 10.5. The van der Waals surface area contributed by atoms with Gasteiger partial charge in [-0.1, -0.05) is 6.92 Å². The Morgan fingerprint density at radius 2 is 1.04 bits per heavy atom. The first kappa shape index (κ1) is 48.9. The lowest BCUT2D eigenvalue weighted by atomic mass is 10.0. The zero-order valence-corrected chi connectivity index (χ0v) is 41.8. The summed E-state index contributed by atoms with van der Waals surface area (Å²) in [4.78, 5) is 77.0. The monoisotopic (exact) mass is 984 g/mol. The minimum Gasteiger partial charge on any atom is -0.388 e. The first-order valence-electron chi connectivity index (χ1n) is 24.4. The zero-order chi connectivity index (χ0) is 48.7. The standard InChI is InChI=1S/C25H33N5O4S.C24H31N5O4S/c1-4-14(3)27-20-9-13(2)17(10-26-20)22-21(25(33)30-15-5-6-16(30)8-7-15)29-24(35-22)23(32)28-18-11-34-12-19(18)31;1-12(2)26-19-8-13(3)16(9-25-19)21-20(24(32)29-14-4-5-15(29)7-6-14)28-23(34-21)22(31)27-17-10-33-11-18(17)30/h9-10,14-16,18-19,31H,4-8,11-12H2,1-3H3,(H,26,27)(H,28,32);8-9,12,14-15,17-18,30H,4-7,10-11H2,1-3H3,(H,25,26)(H,27,31)/t14-,15?,16?,18-,19-;14?,15?,17-,18-/m11/s1. The fourth-order valence-corrected chi connectivity index (χ4v) is 12.5. The molecule has 0 aliphatic carbocycles. The van der Waals surface area contributed by atoms with Gasteiger partial charge in [0.15, 0.2) is 10.0 Å². The van der Waals surface area contributed by atoms with Crippen molar-refractivity contribution in [2.24, 2.45) is 0 Å². The van der Waals surface area contributed by atoms with Crippen molar-refractivity contribution in [2.45, 2.75) is 160 Å². The fourth-order valence-electron chi connectivity index (χ4n) is 10.4. The van der Waals surface area contributed by atoms with Crippen molar-refractivity contribution in [1.29, 1.82) is 0 Å². The van der Waals surface area contributed by atoms with Crippen molar-refractivity contribution in [2.75, 3.05) is 37.1 Å². The number of aryl methyl sites for hydroxylation is 2. The van der Waals surface area contributed by atoms with Crippen molar-refractivity contribution in [3.63, 3.8) is 0 Å². The van der Waals surface area contributed by atoms with Gasteiger partial charge in [0.25, 0.3) is 23.6 Å². The summed E-state index contributed by atoms with van der Waals surface area (Å²) in [7, 11) is 0. The van der Waals surface area contributed by atoms with E-state index in [0.717, 1.165) is 91.7 Å². The second-order valence-corrected chi connectivity index (χ2v) is 21.6. The summed E-state index contributed by atoms with van der Waals surface area (Å²) in [6.45, 7) is 13.2. The van der Waals surface area contributed by atoms with Crippen LogP contribution in [0.2, 0.25) is 0 Å². The SMILES string of the molecule is CC[C@@H](C)Nc1cc(C)c(-c2sc(C(=O)N[C@@H]3COC[C@H]3O)nc2C(=O)N2C3CCC2CC3)cn1.Cc1cc(NC(C)C)ncc1-c1sc(C(=O)N[C@@H]2COC[C@H]2O)nc1C(=O)N1C2CCC1CC2. The first-order chi connectivity index (χ1) is 33.2. The lowest BCUT2D eigenvalue weighted by Crippen LogP contribution is -2.42. The Hall–Kier alpha value is -5.12. The number of amides is 4. The first-order valence-corrected chi connectivity index (χ1v) is 26.1. The molecule has 4 amide bonds. The molecule has 6 aliphatic heterocycles. The van der Waals surface area contributed by atoms with Crippen LogP contribution in [0.15, 0.2) is 24.5 Å². The molecular weight excluding hydrogens is 921 g/mol. The summed E-state index contributed by atoms with van der Waals surface area (Å²) in [6, 6.07) is 4.52. The summed E-state index contributed by atoms with van der Waals surface area (Å²) in [5.74, 6) is 0.514. The number of fused-ring (bicyclic) bond motifs is 4. The smallest absolute Gasteiger partial charge is 0.280 e. The number of carbonyl (C=O) groups is 4. The number of rotatable bonds is 13. The largest absolute Gasteiger partial charge is 0.388 e. The summed E-state index contributed by atoms with van der Waals surface area (Å²) in [5, 5.41) is 32.7. The van der Waals surface area contributed by atoms with E-state index in [1.165, 1.54) is 22.7 Å². The molecule has 6 saturated heterocycles. The minimum atomic E-state index is -0.753. The molecule has 4 aromatic heterocycles. The number of aromatic nitrogens is 4. The van der Waals surface area contributed by atoms with Crippen LogP contribution in [0.4, 0.5) is 11.6 Å². The van der Waals surface area contributed by atoms with Gasteiger partial charge in [-0.15, -0.1) is 22.7 Å². The van der Waals surface area contributed by atoms with Crippen LogP contribution in [0.1, 0.15) is 137 Å². The van der Waals surface area contributed by atoms with E-state index in [2.05, 4.69) is 55.1 Å². The molecule has 20 heteroatoms. The van der Waals surface area contributed by atoms with Gasteiger partial charge in [-0.2, -0.15) is 0 Å². The number of anilines is 2. The Morgan fingerprint density at radius 3 is 1.38 bits per heavy atom. The zero-order valence-electron chi connectivity index (χ0n) is 40.1. The predicted octanol–water partition coefficient (Wildman–Crippen LogP) is 5.57. The normalized spacial score (nSPS) is 26.0. The topological polar surface area (TPSA) is 233 Å². The number of hydrogen-bond donors (Lipinski definition) is 6. The molecule has 6 aliphatic rings. The molecule has 6 fully saturated rings. The molecule has 0 unspecified atom stereocenters. The van der Waals surface area contributed by atoms with Gasteiger partial charge in [0.05, 0.1) is 60.5 Å². The van der Waals surface area contributed by atoms with Crippen LogP contribution < -0.4 is 21.3 Å². The van der Waals surface area contributed by atoms with Crippen molar-refractivity contribution >= 4 is 57.9 Å². The predicted molar refractivity (Wildman–Crippen MR) is 263 cm³/mol. The van der Waals surface area contributed by atoms with E-state index in [-0.39, 0.29) is 78.5 Å². The van der Waals surface area contributed by atoms with Gasteiger partial charge in [-0.3, -0.25) is 19.2 Å². The third-order valence-electron chi connectivity index (χ3n) is 14.3. The van der Waals surface area contributed by atoms with Crippen LogP contribution >= 0.6 is 22.7 Å². The fraction of sp³-hybridized carbons (Fsp3) is 0.592. The van der Waals surface area contributed by atoms with E-state index >= 15 is 0 Å². The van der Waals surface area contributed by atoms with E-state index in [1.54, 1.807) is 12.4 Å². The maximum absolute atomic E-state index is 13.7. The van der Waals surface area contributed by atoms with E-state index in [0.29, 0.717) is 27.2 Å². The van der Waals surface area contributed by atoms with Crippen LogP contribution in [0.25, 0.3) is 20.9 Å². The number of pyridine rings is 2. The molecule has 0 aromatic carbocycles. The third-order valence-corrected chi connectivity index (χ3v) is 16.5.